The zero-order chi connectivity index (χ0) is 24.7. The Hall–Kier alpha value is -4.59. The standard InChI is InChI=1S/C27H22N4O4/c1-16(2)15-30-22-10-6-5-9-21(22)23(27(30)35)28-29-24(32)17-11-13-18(14-12-17)31-25(33)19-7-3-4-8-20(19)26(31)34/h3-14,16,35H,15H2,1-2H3. The second-order valence-corrected chi connectivity index (χ2v) is 8.74. The number of hydrogen-bond acceptors (Lipinski definition) is 5. The number of carbonyl (C=O) groups is 3. The summed E-state index contributed by atoms with van der Waals surface area (Å²) in [5.74, 6) is -1.17. The Morgan fingerprint density at radius 1 is 0.886 bits per heavy atom. The van der Waals surface area contributed by atoms with E-state index in [0.29, 0.717) is 34.7 Å². The van der Waals surface area contributed by atoms with Crippen LogP contribution in [0.5, 0.6) is 5.88 Å². The Morgan fingerprint density at radius 3 is 2.11 bits per heavy atom. The van der Waals surface area contributed by atoms with Gasteiger partial charge >= 0.3 is 0 Å². The lowest BCUT2D eigenvalue weighted by atomic mass is 10.1. The number of benzene rings is 3. The number of imide groups is 1. The van der Waals surface area contributed by atoms with Crippen LogP contribution < -0.4 is 4.90 Å². The van der Waals surface area contributed by atoms with Gasteiger partial charge in [0.25, 0.3) is 17.7 Å². The number of aromatic hydroxyl groups is 1. The number of carbonyl (C=O) groups excluding carboxylic acids is 3. The molecule has 4 aromatic rings. The topological polar surface area (TPSA) is 104 Å². The summed E-state index contributed by atoms with van der Waals surface area (Å²) >= 11 is 0. The minimum absolute atomic E-state index is 0.0441. The van der Waals surface area contributed by atoms with Gasteiger partial charge in [0.1, 0.15) is 0 Å². The smallest absolute Gasteiger partial charge is 0.295 e. The number of hydrogen-bond donors (Lipinski definition) is 1. The molecular weight excluding hydrogens is 444 g/mol. The van der Waals surface area contributed by atoms with Gasteiger partial charge in [-0.15, -0.1) is 10.2 Å². The Kier molecular flexibility index (Phi) is 5.49. The Morgan fingerprint density at radius 2 is 1.49 bits per heavy atom. The van der Waals surface area contributed by atoms with Crippen LogP contribution in [-0.4, -0.2) is 27.4 Å². The number of para-hydroxylation sites is 1. The molecule has 174 valence electrons. The first-order valence-electron chi connectivity index (χ1n) is 11.2. The lowest BCUT2D eigenvalue weighted by molar-refractivity contribution is 0.0925. The highest BCUT2D eigenvalue weighted by Gasteiger charge is 2.36. The molecular formula is C27H22N4O4. The maximum atomic E-state index is 12.7. The van der Waals surface area contributed by atoms with Gasteiger partial charge in [-0.25, -0.2) is 4.90 Å². The average Bonchev–Trinajstić information content (AvgIpc) is 3.27. The number of amides is 3. The van der Waals surface area contributed by atoms with Crippen LogP contribution in [0.2, 0.25) is 0 Å². The zero-order valence-corrected chi connectivity index (χ0v) is 19.2. The van der Waals surface area contributed by atoms with E-state index in [-0.39, 0.29) is 17.1 Å². The van der Waals surface area contributed by atoms with Gasteiger partial charge in [-0.3, -0.25) is 14.4 Å². The molecule has 0 radical (unpaired) electrons. The number of azo groups is 1. The SMILES string of the molecule is CC(C)Cn1c(O)c(N=NC(=O)c2ccc(N3C(=O)c4ccccc4C3=O)cc2)c2ccccc21. The summed E-state index contributed by atoms with van der Waals surface area (Å²) in [7, 11) is 0. The maximum absolute atomic E-state index is 12.7. The third-order valence-corrected chi connectivity index (χ3v) is 5.87. The van der Waals surface area contributed by atoms with Gasteiger partial charge in [-0.2, -0.15) is 0 Å². The summed E-state index contributed by atoms with van der Waals surface area (Å²) in [6, 6.07) is 20.1. The van der Waals surface area contributed by atoms with Crippen LogP contribution in [0.1, 0.15) is 44.9 Å². The van der Waals surface area contributed by atoms with Gasteiger partial charge in [0.05, 0.1) is 22.3 Å². The summed E-state index contributed by atoms with van der Waals surface area (Å²) in [4.78, 5) is 39.1. The van der Waals surface area contributed by atoms with Crippen LogP contribution in [0.3, 0.4) is 0 Å². The highest BCUT2D eigenvalue weighted by molar-refractivity contribution is 6.34. The quantitative estimate of drug-likeness (QED) is 0.300. The molecule has 8 heteroatoms. The Labute approximate surface area is 201 Å². The van der Waals surface area contributed by atoms with Gasteiger partial charge in [0, 0.05) is 17.5 Å². The molecule has 0 saturated heterocycles. The first-order chi connectivity index (χ1) is 16.9. The van der Waals surface area contributed by atoms with Crippen molar-refractivity contribution in [2.24, 2.45) is 16.1 Å². The summed E-state index contributed by atoms with van der Waals surface area (Å²) in [5, 5.41) is 19.4. The highest BCUT2D eigenvalue weighted by Crippen LogP contribution is 2.39. The van der Waals surface area contributed by atoms with Gasteiger partial charge < -0.3 is 9.67 Å². The fourth-order valence-corrected chi connectivity index (χ4v) is 4.25. The van der Waals surface area contributed by atoms with E-state index >= 15 is 0 Å². The molecule has 0 fully saturated rings. The number of nitrogens with zero attached hydrogens (tertiary/aromatic N) is 4. The third-order valence-electron chi connectivity index (χ3n) is 5.87. The second-order valence-electron chi connectivity index (χ2n) is 8.74. The van der Waals surface area contributed by atoms with Crippen LogP contribution >= 0.6 is 0 Å². The van der Waals surface area contributed by atoms with Crippen LogP contribution in [0.4, 0.5) is 11.4 Å². The van der Waals surface area contributed by atoms with Crippen molar-refractivity contribution < 1.29 is 19.5 Å². The van der Waals surface area contributed by atoms with Gasteiger partial charge in [0.15, 0.2) is 5.69 Å². The largest absolute Gasteiger partial charge is 0.493 e. The number of fused-ring (bicyclic) bond motifs is 2. The highest BCUT2D eigenvalue weighted by atomic mass is 16.3. The van der Waals surface area contributed by atoms with Crippen LogP contribution in [-0.2, 0) is 6.54 Å². The third kappa shape index (κ3) is 3.78. The van der Waals surface area contributed by atoms with Crippen molar-refractivity contribution in [2.45, 2.75) is 20.4 Å². The maximum Gasteiger partial charge on any atom is 0.295 e. The minimum Gasteiger partial charge on any atom is -0.493 e. The minimum atomic E-state index is -0.612. The van der Waals surface area contributed by atoms with Crippen LogP contribution in [0, 0.1) is 5.92 Å². The van der Waals surface area contributed by atoms with Gasteiger partial charge in [-0.05, 0) is 48.4 Å². The molecule has 0 unspecified atom stereocenters. The van der Waals surface area contributed by atoms with E-state index < -0.39 is 17.7 Å². The molecule has 1 aliphatic rings. The summed E-state index contributed by atoms with van der Waals surface area (Å²) in [5.41, 5.74) is 2.34. The molecule has 2 heterocycles. The molecule has 0 saturated carbocycles. The Balaban J connectivity index is 1.40. The first-order valence-corrected chi connectivity index (χ1v) is 11.2. The molecule has 3 aromatic carbocycles. The summed E-state index contributed by atoms with van der Waals surface area (Å²) in [6.45, 7) is 4.68. The molecule has 5 rings (SSSR count). The lowest BCUT2D eigenvalue weighted by Crippen LogP contribution is -2.29. The normalized spacial score (nSPS) is 13.4. The van der Waals surface area contributed by atoms with Crippen molar-refractivity contribution in [1.29, 1.82) is 0 Å². The van der Waals surface area contributed by atoms with Crippen molar-refractivity contribution in [3.8, 4) is 5.88 Å². The molecule has 1 aromatic heterocycles. The average molecular weight is 466 g/mol. The zero-order valence-electron chi connectivity index (χ0n) is 19.2. The van der Waals surface area contributed by atoms with Crippen molar-refractivity contribution in [3.63, 3.8) is 0 Å². The first kappa shape index (κ1) is 22.2. The van der Waals surface area contributed by atoms with Crippen molar-refractivity contribution in [2.75, 3.05) is 4.90 Å². The van der Waals surface area contributed by atoms with E-state index in [0.717, 1.165) is 10.4 Å². The Bertz CT molecular complexity index is 1480. The fraction of sp³-hybridized carbons (Fsp3) is 0.148. The van der Waals surface area contributed by atoms with Crippen LogP contribution in [0.25, 0.3) is 10.9 Å². The van der Waals surface area contributed by atoms with Crippen molar-refractivity contribution >= 4 is 40.0 Å². The van der Waals surface area contributed by atoms with E-state index in [2.05, 4.69) is 10.2 Å². The monoisotopic (exact) mass is 466 g/mol. The van der Waals surface area contributed by atoms with E-state index in [4.69, 9.17) is 0 Å². The van der Waals surface area contributed by atoms with Crippen LogP contribution in [0.15, 0.2) is 83.0 Å². The van der Waals surface area contributed by atoms with Crippen molar-refractivity contribution in [3.05, 3.63) is 89.5 Å². The van der Waals surface area contributed by atoms with Gasteiger partial charge in [-0.1, -0.05) is 44.2 Å². The van der Waals surface area contributed by atoms with E-state index in [1.54, 1.807) is 28.8 Å². The van der Waals surface area contributed by atoms with E-state index in [1.807, 2.05) is 38.1 Å². The molecule has 0 spiro atoms. The second kappa shape index (κ2) is 8.64. The molecule has 3 amide bonds. The molecule has 1 N–H and O–H groups in total. The molecule has 0 bridgehead atoms. The van der Waals surface area contributed by atoms with E-state index in [1.165, 1.54) is 24.3 Å². The predicted molar refractivity (Wildman–Crippen MR) is 131 cm³/mol. The number of rotatable bonds is 5. The van der Waals surface area contributed by atoms with Crippen molar-refractivity contribution in [1.82, 2.24) is 4.57 Å². The summed E-state index contributed by atoms with van der Waals surface area (Å²) in [6.07, 6.45) is 0. The predicted octanol–water partition coefficient (Wildman–Crippen LogP) is 5.73. The van der Waals surface area contributed by atoms with E-state index in [9.17, 15) is 19.5 Å². The molecule has 8 nitrogen and oxygen atoms in total. The van der Waals surface area contributed by atoms with Gasteiger partial charge in [0.2, 0.25) is 5.88 Å². The molecule has 0 aliphatic carbocycles. The fourth-order valence-electron chi connectivity index (χ4n) is 4.25. The molecule has 35 heavy (non-hydrogen) atoms. The molecule has 1 aliphatic heterocycles. The lowest BCUT2D eigenvalue weighted by Gasteiger charge is -2.13. The number of anilines is 1. The summed E-state index contributed by atoms with van der Waals surface area (Å²) < 4.78 is 1.76. The number of aromatic nitrogens is 1. The molecule has 0 atom stereocenters.